The van der Waals surface area contributed by atoms with Gasteiger partial charge in [-0.15, -0.1) is 0 Å². The Morgan fingerprint density at radius 2 is 2.19 bits per heavy atom. The Bertz CT molecular complexity index is 319. The lowest BCUT2D eigenvalue weighted by Gasteiger charge is -2.09. The highest BCUT2D eigenvalue weighted by atomic mass is 16.3. The van der Waals surface area contributed by atoms with Crippen LogP contribution in [-0.4, -0.2) is 26.6 Å². The van der Waals surface area contributed by atoms with E-state index in [9.17, 15) is 5.11 Å². The highest BCUT2D eigenvalue weighted by Crippen LogP contribution is 2.26. The van der Waals surface area contributed by atoms with E-state index < -0.39 is 6.10 Å². The maximum absolute atomic E-state index is 9.66. The molecule has 1 aliphatic carbocycles. The molecule has 4 nitrogen and oxygen atoms in total. The minimum absolute atomic E-state index is 0.00332. The van der Waals surface area contributed by atoms with Crippen LogP contribution in [0.25, 0.3) is 0 Å². The van der Waals surface area contributed by atoms with Crippen molar-refractivity contribution in [2.24, 2.45) is 5.92 Å². The predicted molar refractivity (Wildman–Crippen MR) is 60.8 cm³/mol. The quantitative estimate of drug-likeness (QED) is 0.796. The molecular formula is C12H20N2O2. The lowest BCUT2D eigenvalue weighted by atomic mass is 10.1. The van der Waals surface area contributed by atoms with Gasteiger partial charge in [-0.05, 0) is 24.8 Å². The first-order valence-electron chi connectivity index (χ1n) is 6.12. The van der Waals surface area contributed by atoms with Crippen LogP contribution < -0.4 is 0 Å². The third-order valence-corrected chi connectivity index (χ3v) is 3.33. The molecule has 4 heteroatoms. The first kappa shape index (κ1) is 11.6. The van der Waals surface area contributed by atoms with Gasteiger partial charge in [0.25, 0.3) is 0 Å². The Morgan fingerprint density at radius 1 is 1.44 bits per heavy atom. The zero-order chi connectivity index (χ0) is 11.4. The van der Waals surface area contributed by atoms with Gasteiger partial charge in [-0.3, -0.25) is 4.68 Å². The minimum Gasteiger partial charge on any atom is -0.396 e. The van der Waals surface area contributed by atoms with Crippen molar-refractivity contribution in [2.45, 2.75) is 44.8 Å². The third-order valence-electron chi connectivity index (χ3n) is 3.33. The van der Waals surface area contributed by atoms with Crippen LogP contribution in [0.5, 0.6) is 0 Å². The van der Waals surface area contributed by atoms with Crippen LogP contribution in [0.4, 0.5) is 0 Å². The SMILES string of the molecule is OCC[C@H](O)c1ccn(CC2CCCC2)n1. The molecule has 16 heavy (non-hydrogen) atoms. The molecule has 0 aromatic carbocycles. The Balaban J connectivity index is 1.90. The largest absolute Gasteiger partial charge is 0.396 e. The van der Waals surface area contributed by atoms with E-state index in [0.717, 1.165) is 12.5 Å². The topological polar surface area (TPSA) is 58.3 Å². The van der Waals surface area contributed by atoms with E-state index in [4.69, 9.17) is 5.11 Å². The van der Waals surface area contributed by atoms with E-state index in [1.165, 1.54) is 25.7 Å². The standard InChI is InChI=1S/C12H20N2O2/c15-8-6-12(16)11-5-7-14(13-11)9-10-3-1-2-4-10/h5,7,10,12,15-16H,1-4,6,8-9H2/t12-/m0/s1. The average Bonchev–Trinajstić information content (AvgIpc) is 2.90. The number of hydrogen-bond donors (Lipinski definition) is 2. The van der Waals surface area contributed by atoms with Crippen molar-refractivity contribution in [1.29, 1.82) is 0 Å². The zero-order valence-electron chi connectivity index (χ0n) is 9.55. The summed E-state index contributed by atoms with van der Waals surface area (Å²) in [6.07, 6.45) is 6.94. The van der Waals surface area contributed by atoms with Crippen molar-refractivity contribution < 1.29 is 10.2 Å². The molecule has 2 N–H and O–H groups in total. The van der Waals surface area contributed by atoms with E-state index in [-0.39, 0.29) is 6.61 Å². The molecule has 1 aromatic rings. The lowest BCUT2D eigenvalue weighted by molar-refractivity contribution is 0.129. The highest BCUT2D eigenvalue weighted by molar-refractivity contribution is 5.02. The van der Waals surface area contributed by atoms with Gasteiger partial charge in [-0.1, -0.05) is 12.8 Å². The number of aromatic nitrogens is 2. The Morgan fingerprint density at radius 3 is 2.88 bits per heavy atom. The van der Waals surface area contributed by atoms with E-state index in [0.29, 0.717) is 12.1 Å². The first-order chi connectivity index (χ1) is 7.79. The molecule has 1 atom stereocenters. The monoisotopic (exact) mass is 224 g/mol. The van der Waals surface area contributed by atoms with Crippen molar-refractivity contribution in [2.75, 3.05) is 6.61 Å². The highest BCUT2D eigenvalue weighted by Gasteiger charge is 2.16. The summed E-state index contributed by atoms with van der Waals surface area (Å²) in [5.74, 6) is 0.753. The molecule has 1 heterocycles. The van der Waals surface area contributed by atoms with Crippen LogP contribution in [0, 0.1) is 5.92 Å². The fraction of sp³-hybridized carbons (Fsp3) is 0.750. The van der Waals surface area contributed by atoms with Crippen LogP contribution >= 0.6 is 0 Å². The summed E-state index contributed by atoms with van der Waals surface area (Å²) in [7, 11) is 0. The van der Waals surface area contributed by atoms with E-state index in [2.05, 4.69) is 5.10 Å². The van der Waals surface area contributed by atoms with Gasteiger partial charge in [0.15, 0.2) is 0 Å². The van der Waals surface area contributed by atoms with Gasteiger partial charge in [0.2, 0.25) is 0 Å². The molecule has 0 amide bonds. The first-order valence-corrected chi connectivity index (χ1v) is 6.12. The number of hydrogen-bond acceptors (Lipinski definition) is 3. The molecule has 0 unspecified atom stereocenters. The van der Waals surface area contributed by atoms with Crippen LogP contribution in [0.15, 0.2) is 12.3 Å². The Labute approximate surface area is 95.9 Å². The van der Waals surface area contributed by atoms with Gasteiger partial charge < -0.3 is 10.2 Å². The normalized spacial score (nSPS) is 19.1. The molecule has 1 aliphatic rings. The summed E-state index contributed by atoms with van der Waals surface area (Å²) < 4.78 is 1.92. The van der Waals surface area contributed by atoms with Crippen molar-refractivity contribution in [3.63, 3.8) is 0 Å². The van der Waals surface area contributed by atoms with Crippen molar-refractivity contribution >= 4 is 0 Å². The molecule has 0 aliphatic heterocycles. The van der Waals surface area contributed by atoms with Gasteiger partial charge in [0.1, 0.15) is 0 Å². The molecule has 90 valence electrons. The summed E-state index contributed by atoms with van der Waals surface area (Å²) in [6.45, 7) is 0.961. The molecular weight excluding hydrogens is 204 g/mol. The van der Waals surface area contributed by atoms with E-state index in [1.807, 2.05) is 16.9 Å². The fourth-order valence-electron chi connectivity index (χ4n) is 2.38. The maximum atomic E-state index is 9.66. The van der Waals surface area contributed by atoms with Gasteiger partial charge >= 0.3 is 0 Å². The number of aliphatic hydroxyl groups excluding tert-OH is 2. The minimum atomic E-state index is -0.630. The van der Waals surface area contributed by atoms with Crippen LogP contribution in [0.3, 0.4) is 0 Å². The maximum Gasteiger partial charge on any atom is 0.1000 e. The second-order valence-electron chi connectivity index (χ2n) is 4.64. The summed E-state index contributed by atoms with van der Waals surface area (Å²) in [4.78, 5) is 0. The Hall–Kier alpha value is -0.870. The predicted octanol–water partition coefficient (Wildman–Crippen LogP) is 1.49. The number of rotatable bonds is 5. The summed E-state index contributed by atoms with van der Waals surface area (Å²) in [5, 5.41) is 22.7. The van der Waals surface area contributed by atoms with E-state index in [1.54, 1.807) is 0 Å². The molecule has 0 spiro atoms. The number of aliphatic hydroxyl groups is 2. The lowest BCUT2D eigenvalue weighted by Crippen LogP contribution is -2.09. The molecule has 1 aromatic heterocycles. The summed E-state index contributed by atoms with van der Waals surface area (Å²) in [6, 6.07) is 1.84. The van der Waals surface area contributed by atoms with Gasteiger partial charge in [0, 0.05) is 25.8 Å². The van der Waals surface area contributed by atoms with Gasteiger partial charge in [-0.2, -0.15) is 5.10 Å². The van der Waals surface area contributed by atoms with Crippen LogP contribution in [0.2, 0.25) is 0 Å². The van der Waals surface area contributed by atoms with E-state index >= 15 is 0 Å². The summed E-state index contributed by atoms with van der Waals surface area (Å²) >= 11 is 0. The van der Waals surface area contributed by atoms with Crippen LogP contribution in [0.1, 0.15) is 43.9 Å². The second kappa shape index (κ2) is 5.46. The molecule has 1 fully saturated rings. The molecule has 1 saturated carbocycles. The van der Waals surface area contributed by atoms with Crippen molar-refractivity contribution in [3.8, 4) is 0 Å². The molecule has 0 radical (unpaired) electrons. The van der Waals surface area contributed by atoms with Gasteiger partial charge in [-0.25, -0.2) is 0 Å². The average molecular weight is 224 g/mol. The van der Waals surface area contributed by atoms with Crippen molar-refractivity contribution in [3.05, 3.63) is 18.0 Å². The Kier molecular flexibility index (Phi) is 3.96. The van der Waals surface area contributed by atoms with Gasteiger partial charge in [0.05, 0.1) is 11.8 Å². The van der Waals surface area contributed by atoms with Crippen molar-refractivity contribution in [1.82, 2.24) is 9.78 Å². The molecule has 0 saturated heterocycles. The smallest absolute Gasteiger partial charge is 0.1000 e. The summed E-state index contributed by atoms with van der Waals surface area (Å²) in [5.41, 5.74) is 0.673. The number of nitrogens with zero attached hydrogens (tertiary/aromatic N) is 2. The second-order valence-corrected chi connectivity index (χ2v) is 4.64. The fourth-order valence-corrected chi connectivity index (χ4v) is 2.38. The molecule has 2 rings (SSSR count). The zero-order valence-corrected chi connectivity index (χ0v) is 9.55. The van der Waals surface area contributed by atoms with Crippen LogP contribution in [-0.2, 0) is 6.54 Å². The third kappa shape index (κ3) is 2.83. The molecule has 0 bridgehead atoms.